The lowest BCUT2D eigenvalue weighted by Gasteiger charge is -2.28. The minimum atomic E-state index is -1.12. The van der Waals surface area contributed by atoms with Crippen LogP contribution < -0.4 is 10.6 Å². The molecule has 1 atom stereocenters. The summed E-state index contributed by atoms with van der Waals surface area (Å²) in [7, 11) is 0. The van der Waals surface area contributed by atoms with Gasteiger partial charge in [0.1, 0.15) is 11.9 Å². The molecule has 32 heavy (non-hydrogen) atoms. The van der Waals surface area contributed by atoms with E-state index in [0.717, 1.165) is 4.90 Å². The van der Waals surface area contributed by atoms with E-state index in [1.165, 1.54) is 30.3 Å². The van der Waals surface area contributed by atoms with E-state index in [1.54, 1.807) is 26.0 Å². The van der Waals surface area contributed by atoms with E-state index in [1.807, 2.05) is 0 Å². The Hall–Kier alpha value is -3.88. The van der Waals surface area contributed by atoms with E-state index in [4.69, 9.17) is 0 Å². The Morgan fingerprint density at radius 3 is 2.41 bits per heavy atom. The molecule has 4 rings (SSSR count). The second-order valence-electron chi connectivity index (χ2n) is 8.26. The fraction of sp³-hybridized carbons (Fsp3) is 0.261. The summed E-state index contributed by atoms with van der Waals surface area (Å²) < 4.78 is 13.3. The highest BCUT2D eigenvalue weighted by molar-refractivity contribution is 6.26. The van der Waals surface area contributed by atoms with Crippen molar-refractivity contribution in [3.05, 3.63) is 70.5 Å². The van der Waals surface area contributed by atoms with Gasteiger partial charge in [-0.2, -0.15) is 0 Å². The number of fused-ring (bicyclic) bond motifs is 1. The van der Waals surface area contributed by atoms with Gasteiger partial charge in [0.2, 0.25) is 11.8 Å². The summed E-state index contributed by atoms with van der Waals surface area (Å²) in [5, 5.41) is 4.95. The zero-order valence-electron chi connectivity index (χ0n) is 17.4. The number of amides is 5. The van der Waals surface area contributed by atoms with Crippen molar-refractivity contribution in [2.45, 2.75) is 38.3 Å². The van der Waals surface area contributed by atoms with Gasteiger partial charge in [0.05, 0.1) is 22.2 Å². The summed E-state index contributed by atoms with van der Waals surface area (Å²) in [4.78, 5) is 63.7. The highest BCUT2D eigenvalue weighted by Crippen LogP contribution is 2.30. The molecule has 1 saturated heterocycles. The van der Waals surface area contributed by atoms with Crippen molar-refractivity contribution >= 4 is 29.5 Å². The van der Waals surface area contributed by atoms with Crippen molar-refractivity contribution in [3.8, 4) is 0 Å². The highest BCUT2D eigenvalue weighted by atomic mass is 19.1. The third-order valence-corrected chi connectivity index (χ3v) is 5.70. The molecular weight excluding hydrogens is 417 g/mol. The van der Waals surface area contributed by atoms with Crippen LogP contribution in [-0.2, 0) is 15.1 Å². The number of piperidine rings is 1. The Morgan fingerprint density at radius 1 is 1.06 bits per heavy atom. The minimum Gasteiger partial charge on any atom is -0.343 e. The lowest BCUT2D eigenvalue weighted by molar-refractivity contribution is -0.136. The van der Waals surface area contributed by atoms with Crippen molar-refractivity contribution in [2.75, 3.05) is 0 Å². The van der Waals surface area contributed by atoms with Gasteiger partial charge in [-0.1, -0.05) is 18.2 Å². The van der Waals surface area contributed by atoms with E-state index in [0.29, 0.717) is 5.56 Å². The minimum absolute atomic E-state index is 0.00299. The van der Waals surface area contributed by atoms with E-state index in [9.17, 15) is 28.4 Å². The van der Waals surface area contributed by atoms with Crippen LogP contribution in [-0.4, -0.2) is 40.5 Å². The largest absolute Gasteiger partial charge is 0.343 e. The third kappa shape index (κ3) is 3.55. The summed E-state index contributed by atoms with van der Waals surface area (Å²) in [6.07, 6.45) is 0.0261. The van der Waals surface area contributed by atoms with Crippen molar-refractivity contribution in [3.63, 3.8) is 0 Å². The molecular formula is C23H20FN3O5. The van der Waals surface area contributed by atoms with E-state index < -0.39 is 46.9 Å². The average molecular weight is 437 g/mol. The molecule has 0 aliphatic carbocycles. The van der Waals surface area contributed by atoms with Crippen LogP contribution in [0.4, 0.5) is 4.39 Å². The van der Waals surface area contributed by atoms with Gasteiger partial charge in [0, 0.05) is 6.42 Å². The molecule has 2 aromatic carbocycles. The van der Waals surface area contributed by atoms with Crippen LogP contribution in [0, 0.1) is 5.82 Å². The van der Waals surface area contributed by atoms with E-state index in [-0.39, 0.29) is 29.5 Å². The van der Waals surface area contributed by atoms with Crippen LogP contribution >= 0.6 is 0 Å². The number of carbonyl (C=O) groups is 5. The first-order valence-corrected chi connectivity index (χ1v) is 10.0. The smallest absolute Gasteiger partial charge is 0.263 e. The first-order valence-electron chi connectivity index (χ1n) is 10.0. The standard InChI is InChI=1S/C23H20FN3O5/c1-23(2,12-6-8-13(24)9-7-12)26-19(29)14-4-3-5-15-18(14)22(32)27(21(15)31)16-10-11-17(28)25-20(16)30/h3-9,16H,10-11H2,1-2H3,(H,26,29)(H,25,28,30). The van der Waals surface area contributed by atoms with Gasteiger partial charge in [-0.15, -0.1) is 0 Å². The predicted molar refractivity (Wildman–Crippen MR) is 110 cm³/mol. The summed E-state index contributed by atoms with van der Waals surface area (Å²) in [5.74, 6) is -3.64. The molecule has 0 bridgehead atoms. The van der Waals surface area contributed by atoms with Crippen LogP contribution in [0.15, 0.2) is 42.5 Å². The molecule has 0 saturated carbocycles. The van der Waals surface area contributed by atoms with E-state index in [2.05, 4.69) is 10.6 Å². The monoisotopic (exact) mass is 437 g/mol. The normalized spacial score (nSPS) is 18.5. The Balaban J connectivity index is 1.64. The summed E-state index contributed by atoms with van der Waals surface area (Å²) in [6.45, 7) is 3.45. The molecule has 2 aliphatic rings. The molecule has 1 unspecified atom stereocenters. The lowest BCUT2D eigenvalue weighted by Crippen LogP contribution is -2.54. The van der Waals surface area contributed by atoms with Gasteiger partial charge in [-0.3, -0.25) is 34.2 Å². The Bertz CT molecular complexity index is 1170. The van der Waals surface area contributed by atoms with Gasteiger partial charge in [-0.05, 0) is 50.1 Å². The highest BCUT2D eigenvalue weighted by Gasteiger charge is 2.46. The molecule has 9 heteroatoms. The third-order valence-electron chi connectivity index (χ3n) is 5.70. The van der Waals surface area contributed by atoms with Crippen molar-refractivity contribution < 1.29 is 28.4 Å². The van der Waals surface area contributed by atoms with Gasteiger partial charge in [-0.25, -0.2) is 4.39 Å². The number of imide groups is 2. The first kappa shape index (κ1) is 21.4. The Labute approximate surface area is 182 Å². The fourth-order valence-corrected chi connectivity index (χ4v) is 3.99. The van der Waals surface area contributed by atoms with Crippen LogP contribution in [0.2, 0.25) is 0 Å². The number of halogens is 1. The van der Waals surface area contributed by atoms with E-state index >= 15 is 0 Å². The molecule has 164 valence electrons. The zero-order valence-corrected chi connectivity index (χ0v) is 17.4. The number of nitrogens with one attached hydrogen (secondary N) is 2. The van der Waals surface area contributed by atoms with Crippen LogP contribution in [0.3, 0.4) is 0 Å². The number of nitrogens with zero attached hydrogens (tertiary/aromatic N) is 1. The molecule has 0 radical (unpaired) electrons. The average Bonchev–Trinajstić information content (AvgIpc) is 2.99. The number of benzene rings is 2. The first-order chi connectivity index (χ1) is 15.1. The number of hydrogen-bond donors (Lipinski definition) is 2. The van der Waals surface area contributed by atoms with Crippen molar-refractivity contribution in [2.24, 2.45) is 0 Å². The molecule has 0 spiro atoms. The molecule has 8 nitrogen and oxygen atoms in total. The molecule has 2 heterocycles. The molecule has 5 amide bonds. The quantitative estimate of drug-likeness (QED) is 0.710. The van der Waals surface area contributed by atoms with Crippen molar-refractivity contribution in [1.82, 2.24) is 15.5 Å². The van der Waals surface area contributed by atoms with Gasteiger partial charge < -0.3 is 5.32 Å². The summed E-state index contributed by atoms with van der Waals surface area (Å²) >= 11 is 0. The number of rotatable bonds is 4. The maximum Gasteiger partial charge on any atom is 0.263 e. The molecule has 2 N–H and O–H groups in total. The van der Waals surface area contributed by atoms with Gasteiger partial charge in [0.15, 0.2) is 0 Å². The molecule has 2 aromatic rings. The maximum absolute atomic E-state index is 13.3. The maximum atomic E-state index is 13.3. The molecule has 0 aromatic heterocycles. The van der Waals surface area contributed by atoms with Crippen LogP contribution in [0.1, 0.15) is 63.3 Å². The lowest BCUT2D eigenvalue weighted by atomic mass is 9.93. The second-order valence-corrected chi connectivity index (χ2v) is 8.26. The molecule has 1 fully saturated rings. The SMILES string of the molecule is CC(C)(NC(=O)c1cccc2c1C(=O)N(C1CCC(=O)NC1=O)C2=O)c1ccc(F)cc1. The summed E-state index contributed by atoms with van der Waals surface area (Å²) in [6, 6.07) is 8.86. The zero-order chi connectivity index (χ0) is 23.2. The Morgan fingerprint density at radius 2 is 1.75 bits per heavy atom. The fourth-order valence-electron chi connectivity index (χ4n) is 3.99. The van der Waals surface area contributed by atoms with Gasteiger partial charge in [0.25, 0.3) is 17.7 Å². The van der Waals surface area contributed by atoms with Crippen molar-refractivity contribution in [1.29, 1.82) is 0 Å². The number of hydrogen-bond acceptors (Lipinski definition) is 5. The van der Waals surface area contributed by atoms with Crippen LogP contribution in [0.5, 0.6) is 0 Å². The van der Waals surface area contributed by atoms with Crippen LogP contribution in [0.25, 0.3) is 0 Å². The number of carbonyl (C=O) groups excluding carboxylic acids is 5. The summed E-state index contributed by atoms with van der Waals surface area (Å²) in [5.41, 5.74) is -0.331. The second kappa shape index (κ2) is 7.67. The topological polar surface area (TPSA) is 113 Å². The van der Waals surface area contributed by atoms with Gasteiger partial charge >= 0.3 is 0 Å². The predicted octanol–water partition coefficient (Wildman–Crippen LogP) is 1.89. The Kier molecular flexibility index (Phi) is 5.12. The molecule has 2 aliphatic heterocycles.